The topological polar surface area (TPSA) is 26.0 Å². The number of nitrogens with two attached hydrogens (primary N) is 1. The third-order valence-corrected chi connectivity index (χ3v) is 2.95. The van der Waals surface area contributed by atoms with Crippen molar-refractivity contribution in [1.29, 1.82) is 0 Å². The van der Waals surface area contributed by atoms with E-state index in [0.29, 0.717) is 6.07 Å². The fraction of sp³-hybridized carbons (Fsp3) is 0.143. The standard InChI is InChI=1S/C14H11F4N/c1-14(19,8-4-10(16)6-11(17)5-8)12-7-9(15)2-3-13(12)18/h2-7H,19H2,1H3. The van der Waals surface area contributed by atoms with E-state index in [2.05, 4.69) is 0 Å². The van der Waals surface area contributed by atoms with Crippen LogP contribution in [0.1, 0.15) is 18.1 Å². The molecule has 0 amide bonds. The van der Waals surface area contributed by atoms with E-state index in [1.807, 2.05) is 0 Å². The number of halogens is 4. The summed E-state index contributed by atoms with van der Waals surface area (Å²) in [6.45, 7) is 1.36. The normalized spacial score (nSPS) is 14.2. The fourth-order valence-corrected chi connectivity index (χ4v) is 1.90. The summed E-state index contributed by atoms with van der Waals surface area (Å²) in [5, 5.41) is 0. The van der Waals surface area contributed by atoms with E-state index in [1.54, 1.807) is 0 Å². The molecule has 0 aliphatic rings. The molecular weight excluding hydrogens is 258 g/mol. The molecule has 5 heteroatoms. The van der Waals surface area contributed by atoms with Gasteiger partial charge in [-0.15, -0.1) is 0 Å². The molecule has 0 aliphatic heterocycles. The Morgan fingerprint density at radius 3 is 2.00 bits per heavy atom. The van der Waals surface area contributed by atoms with Crippen molar-refractivity contribution in [3.63, 3.8) is 0 Å². The molecule has 2 rings (SSSR count). The molecule has 0 bridgehead atoms. The van der Waals surface area contributed by atoms with E-state index in [0.717, 1.165) is 30.3 Å². The summed E-state index contributed by atoms with van der Waals surface area (Å²) in [7, 11) is 0. The van der Waals surface area contributed by atoms with Crippen LogP contribution in [-0.2, 0) is 5.54 Å². The first-order valence-corrected chi connectivity index (χ1v) is 5.51. The maximum absolute atomic E-state index is 13.7. The SMILES string of the molecule is CC(N)(c1cc(F)cc(F)c1)c1cc(F)ccc1F. The first kappa shape index (κ1) is 13.5. The van der Waals surface area contributed by atoms with Crippen LogP contribution in [0.15, 0.2) is 36.4 Å². The lowest BCUT2D eigenvalue weighted by atomic mass is 9.85. The van der Waals surface area contributed by atoms with Gasteiger partial charge < -0.3 is 5.73 Å². The molecule has 0 fully saturated rings. The van der Waals surface area contributed by atoms with Gasteiger partial charge in [-0.2, -0.15) is 0 Å². The smallest absolute Gasteiger partial charge is 0.128 e. The van der Waals surface area contributed by atoms with Crippen LogP contribution >= 0.6 is 0 Å². The summed E-state index contributed by atoms with van der Waals surface area (Å²) in [5.41, 5.74) is 4.23. The van der Waals surface area contributed by atoms with Gasteiger partial charge in [0.25, 0.3) is 0 Å². The molecule has 2 N–H and O–H groups in total. The molecule has 0 saturated carbocycles. The molecule has 0 spiro atoms. The molecule has 0 aromatic heterocycles. The average Bonchev–Trinajstić information content (AvgIpc) is 2.31. The highest BCUT2D eigenvalue weighted by atomic mass is 19.1. The molecule has 1 unspecified atom stereocenters. The van der Waals surface area contributed by atoms with Crippen molar-refractivity contribution in [2.45, 2.75) is 12.5 Å². The summed E-state index contributed by atoms with van der Waals surface area (Å²) in [5.74, 6) is -3.08. The summed E-state index contributed by atoms with van der Waals surface area (Å²) < 4.78 is 53.3. The highest BCUT2D eigenvalue weighted by Gasteiger charge is 2.28. The van der Waals surface area contributed by atoms with E-state index in [-0.39, 0.29) is 11.1 Å². The third kappa shape index (κ3) is 2.61. The number of rotatable bonds is 2. The van der Waals surface area contributed by atoms with Crippen molar-refractivity contribution in [2.24, 2.45) is 5.73 Å². The Morgan fingerprint density at radius 2 is 1.42 bits per heavy atom. The van der Waals surface area contributed by atoms with E-state index < -0.39 is 28.8 Å². The van der Waals surface area contributed by atoms with E-state index in [4.69, 9.17) is 5.73 Å². The Kier molecular flexibility index (Phi) is 3.32. The monoisotopic (exact) mass is 269 g/mol. The van der Waals surface area contributed by atoms with Gasteiger partial charge in [0.15, 0.2) is 0 Å². The predicted molar refractivity (Wildman–Crippen MR) is 63.4 cm³/mol. The zero-order valence-corrected chi connectivity index (χ0v) is 10.1. The van der Waals surface area contributed by atoms with Gasteiger partial charge in [-0.3, -0.25) is 0 Å². The summed E-state index contributed by atoms with van der Waals surface area (Å²) in [6, 6.07) is 5.45. The Labute approximate surface area is 107 Å². The van der Waals surface area contributed by atoms with Crippen LogP contribution in [0.2, 0.25) is 0 Å². The van der Waals surface area contributed by atoms with Gasteiger partial charge >= 0.3 is 0 Å². The molecule has 1 atom stereocenters. The Bertz CT molecular complexity index is 603. The van der Waals surface area contributed by atoms with Crippen molar-refractivity contribution in [3.05, 3.63) is 70.8 Å². The molecule has 0 radical (unpaired) electrons. The first-order valence-electron chi connectivity index (χ1n) is 5.51. The lowest BCUT2D eigenvalue weighted by molar-refractivity contribution is 0.508. The predicted octanol–water partition coefficient (Wildman–Crippen LogP) is 3.47. The fourth-order valence-electron chi connectivity index (χ4n) is 1.90. The van der Waals surface area contributed by atoms with Gasteiger partial charge in [-0.1, -0.05) is 0 Å². The van der Waals surface area contributed by atoms with Crippen LogP contribution in [0.3, 0.4) is 0 Å². The average molecular weight is 269 g/mol. The van der Waals surface area contributed by atoms with Crippen molar-refractivity contribution in [3.8, 4) is 0 Å². The first-order chi connectivity index (χ1) is 8.80. The van der Waals surface area contributed by atoms with Gasteiger partial charge in [0.1, 0.15) is 23.3 Å². The van der Waals surface area contributed by atoms with Crippen LogP contribution in [0, 0.1) is 23.3 Å². The molecule has 0 saturated heterocycles. The molecule has 100 valence electrons. The van der Waals surface area contributed by atoms with Crippen molar-refractivity contribution in [1.82, 2.24) is 0 Å². The minimum Gasteiger partial charge on any atom is -0.318 e. The second kappa shape index (κ2) is 4.66. The zero-order chi connectivity index (χ0) is 14.2. The molecule has 0 heterocycles. The largest absolute Gasteiger partial charge is 0.318 e. The minimum absolute atomic E-state index is 0.0227. The Hall–Kier alpha value is -1.88. The van der Waals surface area contributed by atoms with Crippen molar-refractivity contribution >= 4 is 0 Å². The summed E-state index contributed by atoms with van der Waals surface area (Å²) >= 11 is 0. The van der Waals surface area contributed by atoms with Gasteiger partial charge in [0.2, 0.25) is 0 Å². The number of hydrogen-bond donors (Lipinski definition) is 1. The second-order valence-electron chi connectivity index (χ2n) is 4.48. The zero-order valence-electron chi connectivity index (χ0n) is 10.1. The van der Waals surface area contributed by atoms with Crippen LogP contribution in [0.5, 0.6) is 0 Å². The van der Waals surface area contributed by atoms with Gasteiger partial charge in [0.05, 0.1) is 5.54 Å². The van der Waals surface area contributed by atoms with E-state index in [9.17, 15) is 17.6 Å². The Morgan fingerprint density at radius 1 is 0.842 bits per heavy atom. The van der Waals surface area contributed by atoms with Crippen LogP contribution in [0.25, 0.3) is 0 Å². The lowest BCUT2D eigenvalue weighted by Crippen LogP contribution is -2.35. The quantitative estimate of drug-likeness (QED) is 0.830. The third-order valence-electron chi connectivity index (χ3n) is 2.95. The van der Waals surface area contributed by atoms with Crippen molar-refractivity contribution < 1.29 is 17.6 Å². The van der Waals surface area contributed by atoms with E-state index in [1.165, 1.54) is 6.92 Å². The van der Waals surface area contributed by atoms with Crippen LogP contribution in [0.4, 0.5) is 17.6 Å². The summed E-state index contributed by atoms with van der Waals surface area (Å²) in [6.07, 6.45) is 0. The molecule has 19 heavy (non-hydrogen) atoms. The van der Waals surface area contributed by atoms with Gasteiger partial charge in [0, 0.05) is 11.6 Å². The molecule has 1 nitrogen and oxygen atoms in total. The van der Waals surface area contributed by atoms with Gasteiger partial charge in [-0.25, -0.2) is 17.6 Å². The molecule has 2 aromatic carbocycles. The molecular formula is C14H11F4N. The van der Waals surface area contributed by atoms with Crippen molar-refractivity contribution in [2.75, 3.05) is 0 Å². The van der Waals surface area contributed by atoms with Gasteiger partial charge in [-0.05, 0) is 42.8 Å². The van der Waals surface area contributed by atoms with Crippen LogP contribution in [-0.4, -0.2) is 0 Å². The highest BCUT2D eigenvalue weighted by Crippen LogP contribution is 2.30. The highest BCUT2D eigenvalue weighted by molar-refractivity contribution is 5.38. The maximum atomic E-state index is 13.7. The summed E-state index contributed by atoms with van der Waals surface area (Å²) in [4.78, 5) is 0. The minimum atomic E-state index is -1.55. The maximum Gasteiger partial charge on any atom is 0.128 e. The van der Waals surface area contributed by atoms with Crippen LogP contribution < -0.4 is 5.73 Å². The lowest BCUT2D eigenvalue weighted by Gasteiger charge is -2.26. The number of benzene rings is 2. The number of hydrogen-bond acceptors (Lipinski definition) is 1. The van der Waals surface area contributed by atoms with E-state index >= 15 is 0 Å². The second-order valence-corrected chi connectivity index (χ2v) is 4.48. The Balaban J connectivity index is 2.60. The molecule has 2 aromatic rings. The molecule has 0 aliphatic carbocycles.